The molecule has 0 fully saturated rings. The topological polar surface area (TPSA) is 53.9 Å². The second kappa shape index (κ2) is 11.6. The van der Waals surface area contributed by atoms with E-state index in [-0.39, 0.29) is 36.5 Å². The molecule has 0 N–H and O–H groups in total. The maximum Gasteiger partial charge on any atom is 0.208 e. The van der Waals surface area contributed by atoms with Gasteiger partial charge < -0.3 is 0 Å². The molecule has 0 atom stereocenters. The zero-order valence-corrected chi connectivity index (χ0v) is 22.1. The fourth-order valence-electron chi connectivity index (χ4n) is 3.32. The third-order valence-electron chi connectivity index (χ3n) is 5.16. The Labute approximate surface area is 210 Å². The highest BCUT2D eigenvalue weighted by atomic mass is 14.8. The minimum absolute atomic E-state index is 0. The van der Waals surface area contributed by atoms with Crippen molar-refractivity contribution in [2.24, 2.45) is 0 Å². The molecule has 0 aromatic carbocycles. The normalized spacial score (nSPS) is 11.6. The first-order chi connectivity index (χ1) is 14.3. The predicted octanol–water partition coefficient (Wildman–Crippen LogP) is 9.05. The molecule has 0 aliphatic heterocycles. The van der Waals surface area contributed by atoms with Crippen LogP contribution in [-0.4, -0.2) is 9.97 Å². The Bertz CT molecular complexity index is 974. The van der Waals surface area contributed by atoms with E-state index in [1.165, 1.54) is 0 Å². The minimum atomic E-state index is -0.0909. The Hall–Kier alpha value is -2.72. The standard InChI is InChI=1S/2C14H20N2.2CH4/c1-13(2,3)10-8-12(14(4,5)6)16-9-11(10)15-7;1-13(2,3)11-7-8-16-12(10(11)9-15)14(4,5)6;;/h8-9H,1-6H3;7-8H,1-6H3;2*1H4. The highest BCUT2D eigenvalue weighted by Gasteiger charge is 2.26. The fourth-order valence-corrected chi connectivity index (χ4v) is 3.32. The van der Waals surface area contributed by atoms with Gasteiger partial charge in [0.1, 0.15) is 6.07 Å². The molecule has 4 nitrogen and oxygen atoms in total. The molecule has 0 amide bonds. The summed E-state index contributed by atoms with van der Waals surface area (Å²) in [6, 6.07) is 6.34. The summed E-state index contributed by atoms with van der Waals surface area (Å²) in [7, 11) is 0. The van der Waals surface area contributed by atoms with Crippen LogP contribution in [0.2, 0.25) is 0 Å². The van der Waals surface area contributed by atoms with Gasteiger partial charge in [-0.15, -0.1) is 0 Å². The Morgan fingerprint density at radius 3 is 1.62 bits per heavy atom. The van der Waals surface area contributed by atoms with E-state index >= 15 is 0 Å². The summed E-state index contributed by atoms with van der Waals surface area (Å²) in [4.78, 5) is 12.3. The molecule has 2 rings (SSSR count). The van der Waals surface area contributed by atoms with Crippen molar-refractivity contribution in [1.82, 2.24) is 9.97 Å². The average Bonchev–Trinajstić information content (AvgIpc) is 2.64. The molecule has 0 saturated carbocycles. The van der Waals surface area contributed by atoms with Crippen LogP contribution in [0.15, 0.2) is 24.5 Å². The number of rotatable bonds is 0. The van der Waals surface area contributed by atoms with Gasteiger partial charge in [0.15, 0.2) is 0 Å². The van der Waals surface area contributed by atoms with Gasteiger partial charge in [-0.3, -0.25) is 9.97 Å². The number of aromatic nitrogens is 2. The summed E-state index contributed by atoms with van der Waals surface area (Å²) in [5, 5.41) is 9.34. The summed E-state index contributed by atoms with van der Waals surface area (Å²) in [5.41, 5.74) is 5.41. The van der Waals surface area contributed by atoms with Gasteiger partial charge >= 0.3 is 0 Å². The van der Waals surface area contributed by atoms with Crippen LogP contribution in [0.5, 0.6) is 0 Å². The summed E-state index contributed by atoms with van der Waals surface area (Å²) in [6.45, 7) is 32.6. The highest BCUT2D eigenvalue weighted by Crippen LogP contribution is 2.34. The minimum Gasteiger partial charge on any atom is -0.272 e. The quantitative estimate of drug-likeness (QED) is 0.365. The van der Waals surface area contributed by atoms with Crippen LogP contribution in [0.25, 0.3) is 4.85 Å². The first-order valence-corrected chi connectivity index (χ1v) is 11.1. The predicted molar refractivity (Wildman–Crippen MR) is 148 cm³/mol. The van der Waals surface area contributed by atoms with Crippen molar-refractivity contribution >= 4 is 5.69 Å². The van der Waals surface area contributed by atoms with Crippen molar-refractivity contribution in [1.29, 1.82) is 5.26 Å². The van der Waals surface area contributed by atoms with Crippen LogP contribution < -0.4 is 0 Å². The molecule has 0 bridgehead atoms. The van der Waals surface area contributed by atoms with Crippen LogP contribution in [0, 0.1) is 17.9 Å². The first-order valence-electron chi connectivity index (χ1n) is 11.1. The van der Waals surface area contributed by atoms with Gasteiger partial charge in [-0.1, -0.05) is 97.9 Å². The maximum absolute atomic E-state index is 9.34. The second-order valence-corrected chi connectivity index (χ2v) is 12.4. The molecule has 0 radical (unpaired) electrons. The van der Waals surface area contributed by atoms with E-state index < -0.39 is 0 Å². The zero-order valence-electron chi connectivity index (χ0n) is 22.1. The Balaban J connectivity index is 0. The number of hydrogen-bond donors (Lipinski definition) is 0. The molecular formula is C30H48N4. The molecule has 0 unspecified atom stereocenters. The van der Waals surface area contributed by atoms with E-state index in [1.807, 2.05) is 12.3 Å². The Kier molecular flexibility index (Phi) is 11.4. The largest absolute Gasteiger partial charge is 0.272 e. The molecule has 0 spiro atoms. The van der Waals surface area contributed by atoms with Crippen LogP contribution in [0.4, 0.5) is 5.69 Å². The van der Waals surface area contributed by atoms with Gasteiger partial charge in [0.25, 0.3) is 0 Å². The van der Waals surface area contributed by atoms with Crippen LogP contribution in [0.3, 0.4) is 0 Å². The van der Waals surface area contributed by atoms with Crippen molar-refractivity contribution in [3.63, 3.8) is 0 Å². The molecule has 2 heterocycles. The monoisotopic (exact) mass is 464 g/mol. The van der Waals surface area contributed by atoms with E-state index in [1.54, 1.807) is 6.20 Å². The van der Waals surface area contributed by atoms with Crippen LogP contribution in [-0.2, 0) is 21.7 Å². The van der Waals surface area contributed by atoms with Crippen molar-refractivity contribution in [2.75, 3.05) is 0 Å². The van der Waals surface area contributed by atoms with Crippen molar-refractivity contribution < 1.29 is 0 Å². The van der Waals surface area contributed by atoms with Gasteiger partial charge in [0, 0.05) is 28.9 Å². The van der Waals surface area contributed by atoms with E-state index in [4.69, 9.17) is 6.57 Å². The van der Waals surface area contributed by atoms with Crippen LogP contribution in [0.1, 0.15) is 126 Å². The summed E-state index contributed by atoms with van der Waals surface area (Å²) < 4.78 is 0. The lowest BCUT2D eigenvalue weighted by molar-refractivity contribution is 0.549. The van der Waals surface area contributed by atoms with E-state index in [0.717, 1.165) is 28.1 Å². The molecule has 4 heteroatoms. The zero-order chi connectivity index (χ0) is 25.1. The lowest BCUT2D eigenvalue weighted by atomic mass is 9.80. The average molecular weight is 465 g/mol. The number of nitrogens with zero attached hydrogens (tertiary/aromatic N) is 4. The van der Waals surface area contributed by atoms with Gasteiger partial charge in [-0.05, 0) is 34.1 Å². The molecule has 2 aromatic heterocycles. The molecule has 188 valence electrons. The van der Waals surface area contributed by atoms with Gasteiger partial charge in [0.05, 0.1) is 17.8 Å². The van der Waals surface area contributed by atoms with Crippen molar-refractivity contribution in [3.05, 3.63) is 64.0 Å². The van der Waals surface area contributed by atoms with Gasteiger partial charge in [-0.2, -0.15) is 5.26 Å². The number of hydrogen-bond acceptors (Lipinski definition) is 3. The van der Waals surface area contributed by atoms with Gasteiger partial charge in [0.2, 0.25) is 5.69 Å². The van der Waals surface area contributed by atoms with E-state index in [9.17, 15) is 5.26 Å². The third-order valence-corrected chi connectivity index (χ3v) is 5.16. The van der Waals surface area contributed by atoms with Crippen molar-refractivity contribution in [3.8, 4) is 6.07 Å². The van der Waals surface area contributed by atoms with Crippen LogP contribution >= 0.6 is 0 Å². The molecular weight excluding hydrogens is 416 g/mol. The maximum atomic E-state index is 9.34. The van der Waals surface area contributed by atoms with Gasteiger partial charge in [-0.25, -0.2) is 4.85 Å². The Morgan fingerprint density at radius 1 is 0.765 bits per heavy atom. The first kappa shape index (κ1) is 33.5. The lowest BCUT2D eigenvalue weighted by Crippen LogP contribution is -2.21. The van der Waals surface area contributed by atoms with E-state index in [0.29, 0.717) is 5.69 Å². The summed E-state index contributed by atoms with van der Waals surface area (Å²) in [5.74, 6) is 0. The molecule has 0 aliphatic rings. The molecule has 0 aliphatic carbocycles. The number of pyridine rings is 2. The van der Waals surface area contributed by atoms with E-state index in [2.05, 4.69) is 110 Å². The summed E-state index contributed by atoms with van der Waals surface area (Å²) >= 11 is 0. The highest BCUT2D eigenvalue weighted by molar-refractivity contribution is 5.54. The summed E-state index contributed by atoms with van der Waals surface area (Å²) in [6.07, 6.45) is 3.51. The van der Waals surface area contributed by atoms with Crippen molar-refractivity contribution in [2.45, 2.75) is 120 Å². The second-order valence-electron chi connectivity index (χ2n) is 12.4. The lowest BCUT2D eigenvalue weighted by Gasteiger charge is -2.25. The third kappa shape index (κ3) is 8.57. The molecule has 34 heavy (non-hydrogen) atoms. The Morgan fingerprint density at radius 2 is 1.26 bits per heavy atom. The number of nitriles is 1. The molecule has 2 aromatic rings. The smallest absolute Gasteiger partial charge is 0.208 e. The molecule has 0 saturated heterocycles. The SMILES string of the molecule is C.C.CC(C)(C)c1ccnc(C(C)(C)C)c1C#N.[C-]#[N+]c1cnc(C(C)(C)C)cc1C(C)(C)C. The fraction of sp³-hybridized carbons (Fsp3) is 0.600.